The van der Waals surface area contributed by atoms with Gasteiger partial charge in [-0.3, -0.25) is 9.59 Å². The van der Waals surface area contributed by atoms with Gasteiger partial charge in [-0.2, -0.15) is 5.10 Å². The lowest BCUT2D eigenvalue weighted by atomic mass is 10.3. The Morgan fingerprint density at radius 3 is 2.62 bits per heavy atom. The number of aryl methyl sites for hydroxylation is 1. The standard InChI is InChI=1S/C14H23BrN4O2/c1-4-9-19-14(21)13(15)11(10-17-19)16-8-7-12(20)18(5-2)6-3/h10,16H,4-9H2,1-3H3. The Morgan fingerprint density at radius 2 is 2.05 bits per heavy atom. The summed E-state index contributed by atoms with van der Waals surface area (Å²) in [6.45, 7) is 8.42. The van der Waals surface area contributed by atoms with Crippen molar-refractivity contribution in [2.24, 2.45) is 0 Å². The minimum absolute atomic E-state index is 0.107. The number of halogens is 1. The first-order valence-corrected chi connectivity index (χ1v) is 8.11. The number of aromatic nitrogens is 2. The van der Waals surface area contributed by atoms with Gasteiger partial charge < -0.3 is 10.2 Å². The Labute approximate surface area is 133 Å². The van der Waals surface area contributed by atoms with Gasteiger partial charge in [0.1, 0.15) is 4.47 Å². The molecule has 118 valence electrons. The van der Waals surface area contributed by atoms with E-state index in [1.165, 1.54) is 4.68 Å². The zero-order chi connectivity index (χ0) is 15.8. The molecule has 0 radical (unpaired) electrons. The summed E-state index contributed by atoms with van der Waals surface area (Å²) in [5.41, 5.74) is 0.469. The minimum atomic E-state index is -0.156. The van der Waals surface area contributed by atoms with Crippen LogP contribution in [0.15, 0.2) is 15.5 Å². The topological polar surface area (TPSA) is 67.2 Å². The second-order valence-electron chi connectivity index (χ2n) is 4.64. The van der Waals surface area contributed by atoms with Gasteiger partial charge in [-0.1, -0.05) is 6.92 Å². The first-order valence-electron chi connectivity index (χ1n) is 7.32. The summed E-state index contributed by atoms with van der Waals surface area (Å²) in [6, 6.07) is 0. The molecule has 21 heavy (non-hydrogen) atoms. The normalized spacial score (nSPS) is 10.5. The van der Waals surface area contributed by atoms with Crippen LogP contribution in [0.3, 0.4) is 0 Å². The summed E-state index contributed by atoms with van der Waals surface area (Å²) in [4.78, 5) is 25.7. The zero-order valence-corrected chi connectivity index (χ0v) is 14.4. The van der Waals surface area contributed by atoms with Crippen LogP contribution in [0.1, 0.15) is 33.6 Å². The molecule has 1 amide bonds. The van der Waals surface area contributed by atoms with Gasteiger partial charge in [0.15, 0.2) is 0 Å². The fourth-order valence-corrected chi connectivity index (χ4v) is 2.45. The number of nitrogens with one attached hydrogen (secondary N) is 1. The quantitative estimate of drug-likeness (QED) is 0.772. The molecule has 1 aromatic rings. The van der Waals surface area contributed by atoms with E-state index in [1.54, 1.807) is 11.1 Å². The molecule has 6 nitrogen and oxygen atoms in total. The molecule has 1 aromatic heterocycles. The monoisotopic (exact) mass is 358 g/mol. The van der Waals surface area contributed by atoms with Crippen LogP contribution in [0.25, 0.3) is 0 Å². The van der Waals surface area contributed by atoms with Gasteiger partial charge >= 0.3 is 0 Å². The van der Waals surface area contributed by atoms with Crippen molar-refractivity contribution >= 4 is 27.5 Å². The number of hydrogen-bond donors (Lipinski definition) is 1. The Kier molecular flexibility index (Phi) is 7.42. The molecule has 1 rings (SSSR count). The number of anilines is 1. The largest absolute Gasteiger partial charge is 0.382 e. The zero-order valence-electron chi connectivity index (χ0n) is 12.9. The first-order chi connectivity index (χ1) is 10.0. The van der Waals surface area contributed by atoms with E-state index >= 15 is 0 Å². The highest BCUT2D eigenvalue weighted by molar-refractivity contribution is 9.10. The molecule has 0 unspecified atom stereocenters. The van der Waals surface area contributed by atoms with Crippen molar-refractivity contribution in [3.05, 3.63) is 21.0 Å². The molecule has 0 aliphatic heterocycles. The lowest BCUT2D eigenvalue weighted by Crippen LogP contribution is -2.31. The molecule has 0 aromatic carbocycles. The highest BCUT2D eigenvalue weighted by Gasteiger charge is 2.11. The third kappa shape index (κ3) is 4.84. The first kappa shape index (κ1) is 17.7. The van der Waals surface area contributed by atoms with Crippen LogP contribution in [0, 0.1) is 0 Å². The van der Waals surface area contributed by atoms with E-state index < -0.39 is 0 Å². The molecule has 0 spiro atoms. The molecular weight excluding hydrogens is 336 g/mol. The van der Waals surface area contributed by atoms with E-state index in [-0.39, 0.29) is 11.5 Å². The van der Waals surface area contributed by atoms with Crippen LogP contribution in [-0.2, 0) is 11.3 Å². The maximum absolute atomic E-state index is 12.0. The van der Waals surface area contributed by atoms with Crippen molar-refractivity contribution in [1.29, 1.82) is 0 Å². The van der Waals surface area contributed by atoms with Crippen LogP contribution in [-0.4, -0.2) is 40.2 Å². The number of carbonyl (C=O) groups is 1. The van der Waals surface area contributed by atoms with Crippen LogP contribution >= 0.6 is 15.9 Å². The van der Waals surface area contributed by atoms with Crippen LogP contribution < -0.4 is 10.9 Å². The second kappa shape index (κ2) is 8.81. The molecule has 0 aliphatic rings. The highest BCUT2D eigenvalue weighted by atomic mass is 79.9. The molecule has 1 heterocycles. The van der Waals surface area contributed by atoms with E-state index in [2.05, 4.69) is 26.3 Å². The molecule has 7 heteroatoms. The summed E-state index contributed by atoms with van der Waals surface area (Å²) < 4.78 is 1.89. The Balaban J connectivity index is 2.63. The lowest BCUT2D eigenvalue weighted by Gasteiger charge is -2.18. The van der Waals surface area contributed by atoms with Crippen LogP contribution in [0.5, 0.6) is 0 Å². The summed E-state index contributed by atoms with van der Waals surface area (Å²) in [5.74, 6) is 0.107. The van der Waals surface area contributed by atoms with E-state index in [1.807, 2.05) is 20.8 Å². The third-order valence-electron chi connectivity index (χ3n) is 3.19. The molecular formula is C14H23BrN4O2. The van der Waals surface area contributed by atoms with E-state index in [0.29, 0.717) is 42.8 Å². The maximum Gasteiger partial charge on any atom is 0.283 e. The van der Waals surface area contributed by atoms with Gasteiger partial charge in [0.25, 0.3) is 5.56 Å². The van der Waals surface area contributed by atoms with Crippen molar-refractivity contribution in [1.82, 2.24) is 14.7 Å². The number of amides is 1. The second-order valence-corrected chi connectivity index (χ2v) is 5.44. The predicted molar refractivity (Wildman–Crippen MR) is 87.5 cm³/mol. The molecule has 0 saturated heterocycles. The number of hydrogen-bond acceptors (Lipinski definition) is 4. The number of nitrogens with zero attached hydrogens (tertiary/aromatic N) is 3. The van der Waals surface area contributed by atoms with Gasteiger partial charge in [0, 0.05) is 32.6 Å². The van der Waals surface area contributed by atoms with Gasteiger partial charge in [-0.05, 0) is 36.2 Å². The van der Waals surface area contributed by atoms with Crippen molar-refractivity contribution < 1.29 is 4.79 Å². The fraction of sp³-hybridized carbons (Fsp3) is 0.643. The molecule has 0 saturated carbocycles. The summed E-state index contributed by atoms with van der Waals surface area (Å²) in [5, 5.41) is 7.20. The smallest absolute Gasteiger partial charge is 0.283 e. The van der Waals surface area contributed by atoms with Crippen molar-refractivity contribution in [2.45, 2.75) is 40.2 Å². The Hall–Kier alpha value is -1.37. The average molecular weight is 359 g/mol. The molecule has 0 aliphatic carbocycles. The maximum atomic E-state index is 12.0. The van der Waals surface area contributed by atoms with E-state index in [4.69, 9.17) is 0 Å². The van der Waals surface area contributed by atoms with E-state index in [9.17, 15) is 9.59 Å². The van der Waals surface area contributed by atoms with Crippen molar-refractivity contribution in [3.8, 4) is 0 Å². The SMILES string of the molecule is CCCn1ncc(NCCC(=O)N(CC)CC)c(Br)c1=O. The summed E-state index contributed by atoms with van der Waals surface area (Å²) in [6.07, 6.45) is 2.86. The Morgan fingerprint density at radius 1 is 1.38 bits per heavy atom. The summed E-state index contributed by atoms with van der Waals surface area (Å²) >= 11 is 3.29. The predicted octanol–water partition coefficient (Wildman–Crippen LogP) is 2.09. The van der Waals surface area contributed by atoms with Gasteiger partial charge in [-0.25, -0.2) is 4.68 Å². The van der Waals surface area contributed by atoms with E-state index in [0.717, 1.165) is 6.42 Å². The van der Waals surface area contributed by atoms with Crippen molar-refractivity contribution in [2.75, 3.05) is 25.0 Å². The van der Waals surface area contributed by atoms with Crippen molar-refractivity contribution in [3.63, 3.8) is 0 Å². The highest BCUT2D eigenvalue weighted by Crippen LogP contribution is 2.16. The average Bonchev–Trinajstić information content (AvgIpc) is 2.48. The number of carbonyl (C=O) groups excluding carboxylic acids is 1. The third-order valence-corrected chi connectivity index (χ3v) is 3.96. The number of rotatable bonds is 8. The van der Waals surface area contributed by atoms with Gasteiger partial charge in [-0.15, -0.1) is 0 Å². The molecule has 0 fully saturated rings. The van der Waals surface area contributed by atoms with Crippen LogP contribution in [0.2, 0.25) is 0 Å². The molecule has 0 atom stereocenters. The fourth-order valence-electron chi connectivity index (χ4n) is 2.00. The minimum Gasteiger partial charge on any atom is -0.382 e. The van der Waals surface area contributed by atoms with Crippen LogP contribution in [0.4, 0.5) is 5.69 Å². The lowest BCUT2D eigenvalue weighted by molar-refractivity contribution is -0.130. The van der Waals surface area contributed by atoms with Gasteiger partial charge in [0.2, 0.25) is 5.91 Å². The summed E-state index contributed by atoms with van der Waals surface area (Å²) in [7, 11) is 0. The van der Waals surface area contributed by atoms with Gasteiger partial charge in [0.05, 0.1) is 11.9 Å². The molecule has 0 bridgehead atoms. The molecule has 1 N–H and O–H groups in total. The Bertz CT molecular complexity index is 526.